The highest BCUT2D eigenvalue weighted by Gasteiger charge is 2.43. The fourth-order valence-electron chi connectivity index (χ4n) is 4.52. The molecule has 0 amide bonds. The lowest BCUT2D eigenvalue weighted by Crippen LogP contribution is -2.45. The van der Waals surface area contributed by atoms with E-state index in [1.54, 1.807) is 26.1 Å². The maximum absolute atomic E-state index is 13.2. The summed E-state index contributed by atoms with van der Waals surface area (Å²) in [5.41, 5.74) is 0.814. The summed E-state index contributed by atoms with van der Waals surface area (Å²) >= 11 is 0. The number of hydrogen-bond donors (Lipinski definition) is 1. The van der Waals surface area contributed by atoms with Crippen LogP contribution in [-0.2, 0) is 4.79 Å². The minimum absolute atomic E-state index is 0.107. The Morgan fingerprint density at radius 2 is 1.94 bits per heavy atom. The number of aliphatic imine (C=N–C) groups is 1. The molecule has 0 unspecified atom stereocenters. The predicted octanol–water partition coefficient (Wildman–Crippen LogP) is 3.68. The van der Waals surface area contributed by atoms with Gasteiger partial charge < -0.3 is 14.5 Å². The number of Topliss-reactive ketones (excluding diaryl/α,β-unsaturated/α-hetero) is 1. The summed E-state index contributed by atoms with van der Waals surface area (Å²) in [6, 6.07) is 7.05. The first-order valence-electron chi connectivity index (χ1n) is 10.5. The molecule has 3 heterocycles. The third-order valence-electron chi connectivity index (χ3n) is 6.15. The number of carbonyl (C=O) groups is 1. The van der Waals surface area contributed by atoms with Gasteiger partial charge in [-0.2, -0.15) is 0 Å². The fraction of sp³-hybridized carbons (Fsp3) is 0.320. The molecule has 0 saturated carbocycles. The Bertz CT molecular complexity index is 1230. The molecule has 0 saturated heterocycles. The number of benzene rings is 1. The van der Waals surface area contributed by atoms with Crippen molar-refractivity contribution in [2.24, 2.45) is 10.9 Å². The second-order valence-corrected chi connectivity index (χ2v) is 8.62. The largest absolute Gasteiger partial charge is 0.480 e. The second kappa shape index (κ2) is 7.38. The van der Waals surface area contributed by atoms with Gasteiger partial charge in [-0.05, 0) is 50.2 Å². The summed E-state index contributed by atoms with van der Waals surface area (Å²) in [4.78, 5) is 29.7. The zero-order valence-electron chi connectivity index (χ0n) is 17.5. The highest BCUT2D eigenvalue weighted by molar-refractivity contribution is 6.09. The molecule has 6 nitrogen and oxygen atoms in total. The van der Waals surface area contributed by atoms with Crippen LogP contribution in [0.5, 0.6) is 5.75 Å². The first kappa shape index (κ1) is 19.5. The van der Waals surface area contributed by atoms with Gasteiger partial charge in [-0.25, -0.2) is 4.79 Å². The number of fused-ring (bicyclic) bond motifs is 4. The maximum atomic E-state index is 13.2. The Labute approximate surface area is 180 Å². The molecule has 3 aliphatic rings. The van der Waals surface area contributed by atoms with Crippen molar-refractivity contribution < 1.29 is 13.9 Å². The summed E-state index contributed by atoms with van der Waals surface area (Å²) in [6.45, 7) is 4.08. The van der Waals surface area contributed by atoms with Crippen LogP contribution in [0.3, 0.4) is 0 Å². The van der Waals surface area contributed by atoms with Gasteiger partial charge in [0.2, 0.25) is 0 Å². The summed E-state index contributed by atoms with van der Waals surface area (Å²) < 4.78 is 11.4. The van der Waals surface area contributed by atoms with Crippen molar-refractivity contribution in [2.45, 2.75) is 37.8 Å². The second-order valence-electron chi connectivity index (χ2n) is 8.62. The summed E-state index contributed by atoms with van der Waals surface area (Å²) in [5.74, 6) is 0.175. The summed E-state index contributed by atoms with van der Waals surface area (Å²) in [6.07, 6.45) is 13.1. The van der Waals surface area contributed by atoms with Gasteiger partial charge in [-0.3, -0.25) is 9.79 Å². The minimum atomic E-state index is -0.989. The quantitative estimate of drug-likeness (QED) is 0.608. The number of carbonyl (C=O) groups excluding carboxylic acids is 1. The van der Waals surface area contributed by atoms with Crippen LogP contribution in [0.15, 0.2) is 74.5 Å². The fourth-order valence-corrected chi connectivity index (χ4v) is 4.52. The topological polar surface area (TPSA) is 80.9 Å². The van der Waals surface area contributed by atoms with Gasteiger partial charge in [0.15, 0.2) is 11.4 Å². The van der Waals surface area contributed by atoms with E-state index >= 15 is 0 Å². The molecule has 6 heteroatoms. The van der Waals surface area contributed by atoms with Crippen molar-refractivity contribution in [1.82, 2.24) is 5.32 Å². The smallest absolute Gasteiger partial charge is 0.336 e. The van der Waals surface area contributed by atoms with E-state index in [1.807, 2.05) is 12.1 Å². The van der Waals surface area contributed by atoms with Crippen LogP contribution in [0.4, 0.5) is 0 Å². The zero-order chi connectivity index (χ0) is 21.6. The van der Waals surface area contributed by atoms with Gasteiger partial charge >= 0.3 is 5.63 Å². The Hall–Kier alpha value is -3.41. The minimum Gasteiger partial charge on any atom is -0.480 e. The molecule has 1 aliphatic carbocycles. The van der Waals surface area contributed by atoms with Crippen LogP contribution in [0.1, 0.15) is 31.7 Å². The molecule has 3 atom stereocenters. The molecule has 0 radical (unpaired) electrons. The van der Waals surface area contributed by atoms with Crippen LogP contribution in [0.25, 0.3) is 11.0 Å². The summed E-state index contributed by atoms with van der Waals surface area (Å²) in [5, 5.41) is 4.14. The molecule has 0 spiro atoms. The van der Waals surface area contributed by atoms with E-state index in [1.165, 1.54) is 11.6 Å². The van der Waals surface area contributed by atoms with E-state index < -0.39 is 17.1 Å². The van der Waals surface area contributed by atoms with E-state index in [9.17, 15) is 9.59 Å². The van der Waals surface area contributed by atoms with Gasteiger partial charge in [-0.1, -0.05) is 24.3 Å². The first-order valence-corrected chi connectivity index (χ1v) is 10.5. The highest BCUT2D eigenvalue weighted by Crippen LogP contribution is 2.41. The molecular weight excluding hydrogens is 392 g/mol. The van der Waals surface area contributed by atoms with Crippen LogP contribution < -0.4 is 15.7 Å². The monoisotopic (exact) mass is 416 g/mol. The van der Waals surface area contributed by atoms with E-state index in [0.29, 0.717) is 35.4 Å². The molecule has 158 valence electrons. The lowest BCUT2D eigenvalue weighted by molar-refractivity contribution is -0.133. The zero-order valence-corrected chi connectivity index (χ0v) is 17.5. The number of rotatable bonds is 4. The number of nitrogens with one attached hydrogen (secondary N) is 1. The van der Waals surface area contributed by atoms with Crippen molar-refractivity contribution in [3.63, 3.8) is 0 Å². The summed E-state index contributed by atoms with van der Waals surface area (Å²) in [7, 11) is 0. The molecule has 1 aromatic carbocycles. The molecule has 31 heavy (non-hydrogen) atoms. The number of ether oxygens (including phenoxy) is 1. The molecule has 5 rings (SSSR count). The van der Waals surface area contributed by atoms with Crippen molar-refractivity contribution in [2.75, 3.05) is 6.54 Å². The van der Waals surface area contributed by atoms with E-state index in [-0.39, 0.29) is 5.78 Å². The number of nitrogens with zero attached hydrogens (tertiary/aromatic N) is 1. The highest BCUT2D eigenvalue weighted by atomic mass is 16.5. The van der Waals surface area contributed by atoms with Gasteiger partial charge in [-0.15, -0.1) is 0 Å². The standard InChI is InChI=1S/C25H24N2O4/c1-25(2)24(29)18(14-26-12-11-16-13-27-19-6-4-3-5-17(16)19)22-20(31-25)9-7-15-8-10-21(28)30-23(15)22/h3-10,13-14,17-19,27H,11-12H2,1-2H3/t17-,18+,19+/m1/s1. The van der Waals surface area contributed by atoms with Gasteiger partial charge in [0, 0.05) is 30.1 Å². The Morgan fingerprint density at radius 3 is 2.81 bits per heavy atom. The predicted molar refractivity (Wildman–Crippen MR) is 120 cm³/mol. The third kappa shape index (κ3) is 3.42. The molecular formula is C25H24N2O4. The third-order valence-corrected chi connectivity index (χ3v) is 6.15. The molecule has 1 N–H and O–H groups in total. The average Bonchev–Trinajstić information content (AvgIpc) is 3.16. The van der Waals surface area contributed by atoms with E-state index in [2.05, 4.69) is 40.8 Å². The lowest BCUT2D eigenvalue weighted by atomic mass is 9.83. The Kier molecular flexibility index (Phi) is 4.65. The first-order chi connectivity index (χ1) is 14.9. The Balaban J connectivity index is 1.43. The SMILES string of the molecule is CC1(C)Oc2ccc3ccc(=O)oc3c2[C@H](C=NCCC2=CN[C@H]3C=CC=C[C@H]23)C1=O. The van der Waals surface area contributed by atoms with Crippen LogP contribution in [0, 0.1) is 5.92 Å². The molecule has 1 aromatic heterocycles. The van der Waals surface area contributed by atoms with Crippen molar-refractivity contribution in [3.05, 3.63) is 76.3 Å². The number of hydrogen-bond acceptors (Lipinski definition) is 6. The molecule has 2 aliphatic heterocycles. The van der Waals surface area contributed by atoms with Crippen LogP contribution >= 0.6 is 0 Å². The normalized spacial score (nSPS) is 25.8. The van der Waals surface area contributed by atoms with Crippen LogP contribution in [0.2, 0.25) is 0 Å². The van der Waals surface area contributed by atoms with Crippen molar-refractivity contribution in [3.8, 4) is 5.75 Å². The molecule has 2 aromatic rings. The average molecular weight is 416 g/mol. The van der Waals surface area contributed by atoms with Crippen molar-refractivity contribution in [1.29, 1.82) is 0 Å². The van der Waals surface area contributed by atoms with Gasteiger partial charge in [0.25, 0.3) is 0 Å². The van der Waals surface area contributed by atoms with Crippen LogP contribution in [-0.4, -0.2) is 30.2 Å². The van der Waals surface area contributed by atoms with Gasteiger partial charge in [0.05, 0.1) is 17.5 Å². The number of ketones is 1. The molecule has 0 bridgehead atoms. The molecule has 0 fully saturated rings. The van der Waals surface area contributed by atoms with Gasteiger partial charge in [0.1, 0.15) is 11.3 Å². The van der Waals surface area contributed by atoms with E-state index in [4.69, 9.17) is 9.15 Å². The Morgan fingerprint density at radius 1 is 1.13 bits per heavy atom. The number of allylic oxidation sites excluding steroid dienone is 2. The van der Waals surface area contributed by atoms with Crippen molar-refractivity contribution >= 4 is 23.0 Å². The van der Waals surface area contributed by atoms with E-state index in [0.717, 1.165) is 11.8 Å². The maximum Gasteiger partial charge on any atom is 0.336 e. The lowest BCUT2D eigenvalue weighted by Gasteiger charge is -2.34.